The molecule has 2 atom stereocenters. The van der Waals surface area contributed by atoms with Crippen molar-refractivity contribution in [3.05, 3.63) is 35.9 Å². The van der Waals surface area contributed by atoms with Crippen LogP contribution in [-0.2, 0) is 0 Å². The maximum Gasteiger partial charge on any atom is 0.125 e. The van der Waals surface area contributed by atoms with Crippen molar-refractivity contribution in [3.8, 4) is 5.75 Å². The van der Waals surface area contributed by atoms with Gasteiger partial charge < -0.3 is 10.4 Å². The number of aromatic hydroxyl groups is 1. The molecule has 3 rings (SSSR count). The first-order valence-corrected chi connectivity index (χ1v) is 6.24. The van der Waals surface area contributed by atoms with E-state index in [0.29, 0.717) is 11.7 Å². The van der Waals surface area contributed by atoms with E-state index >= 15 is 0 Å². The number of halogens is 1. The summed E-state index contributed by atoms with van der Waals surface area (Å²) in [6, 6.07) is 9.73. The smallest absolute Gasteiger partial charge is 0.125 e. The first-order chi connectivity index (χ1) is 8.18. The van der Waals surface area contributed by atoms with Crippen molar-refractivity contribution in [1.82, 2.24) is 0 Å². The van der Waals surface area contributed by atoms with Gasteiger partial charge in [-0.15, -0.1) is 11.6 Å². The number of hydrogen-bond acceptors (Lipinski definition) is 2. The Kier molecular flexibility index (Phi) is 2.40. The van der Waals surface area contributed by atoms with Crippen molar-refractivity contribution in [1.29, 1.82) is 0 Å². The molecule has 2 nitrogen and oxygen atoms in total. The van der Waals surface area contributed by atoms with Crippen molar-refractivity contribution in [2.75, 3.05) is 11.9 Å². The van der Waals surface area contributed by atoms with Crippen LogP contribution in [0.4, 0.5) is 5.69 Å². The van der Waals surface area contributed by atoms with Crippen LogP contribution in [0.2, 0.25) is 0 Å². The van der Waals surface area contributed by atoms with Gasteiger partial charge in [-0.3, -0.25) is 0 Å². The molecule has 0 radical (unpaired) electrons. The quantitative estimate of drug-likeness (QED) is 0.754. The standard InChI is InChI=1S/C14H14ClNO/c1-8(15)11-7-16-12-6-13(17)9-4-2-3-5-10(9)14(11)12/h2-6,8,11,16-17H,7H2,1H3. The fraction of sp³-hybridized carbons (Fsp3) is 0.286. The molecular formula is C14H14ClNO. The van der Waals surface area contributed by atoms with Crippen LogP contribution in [-0.4, -0.2) is 17.0 Å². The Labute approximate surface area is 105 Å². The Balaban J connectivity index is 2.33. The monoisotopic (exact) mass is 247 g/mol. The zero-order valence-electron chi connectivity index (χ0n) is 9.57. The van der Waals surface area contributed by atoms with Gasteiger partial charge >= 0.3 is 0 Å². The molecule has 1 aliphatic rings. The normalized spacial score (nSPS) is 20.0. The molecule has 2 N–H and O–H groups in total. The average molecular weight is 248 g/mol. The van der Waals surface area contributed by atoms with Gasteiger partial charge in [0.2, 0.25) is 0 Å². The zero-order chi connectivity index (χ0) is 12.0. The number of phenolic OH excluding ortho intramolecular Hbond substituents is 1. The number of hydrogen-bond donors (Lipinski definition) is 2. The summed E-state index contributed by atoms with van der Waals surface area (Å²) in [4.78, 5) is 0. The first-order valence-electron chi connectivity index (χ1n) is 5.81. The van der Waals surface area contributed by atoms with Crippen LogP contribution in [0.1, 0.15) is 18.4 Å². The van der Waals surface area contributed by atoms with Crippen molar-refractivity contribution in [2.45, 2.75) is 18.2 Å². The lowest BCUT2D eigenvalue weighted by atomic mass is 9.92. The third kappa shape index (κ3) is 1.55. The molecule has 0 amide bonds. The summed E-state index contributed by atoms with van der Waals surface area (Å²) in [5, 5.41) is 15.4. The second-order valence-corrected chi connectivity index (χ2v) is 5.26. The van der Waals surface area contributed by atoms with E-state index in [1.165, 1.54) is 5.56 Å². The molecule has 88 valence electrons. The zero-order valence-corrected chi connectivity index (χ0v) is 10.3. The lowest BCUT2D eigenvalue weighted by Gasteiger charge is -2.15. The molecule has 1 heterocycles. The van der Waals surface area contributed by atoms with Crippen molar-refractivity contribution in [2.24, 2.45) is 0 Å². The van der Waals surface area contributed by atoms with Crippen LogP contribution in [0, 0.1) is 0 Å². The number of fused-ring (bicyclic) bond motifs is 3. The molecule has 0 bridgehead atoms. The molecule has 0 aromatic heterocycles. The summed E-state index contributed by atoms with van der Waals surface area (Å²) in [6.45, 7) is 2.86. The summed E-state index contributed by atoms with van der Waals surface area (Å²) >= 11 is 6.25. The SMILES string of the molecule is CC(Cl)C1CNc2cc(O)c3ccccc3c21. The first kappa shape index (κ1) is 10.7. The van der Waals surface area contributed by atoms with Crippen molar-refractivity contribution in [3.63, 3.8) is 0 Å². The van der Waals surface area contributed by atoms with E-state index in [0.717, 1.165) is 23.0 Å². The molecule has 0 fully saturated rings. The molecule has 0 aliphatic carbocycles. The Bertz CT molecular complexity index is 580. The number of phenols is 1. The highest BCUT2D eigenvalue weighted by atomic mass is 35.5. The van der Waals surface area contributed by atoms with Gasteiger partial charge in [0, 0.05) is 35.0 Å². The maximum atomic E-state index is 9.99. The lowest BCUT2D eigenvalue weighted by Crippen LogP contribution is -2.11. The van der Waals surface area contributed by atoms with Gasteiger partial charge in [0.25, 0.3) is 0 Å². The minimum absolute atomic E-state index is 0.0803. The fourth-order valence-electron chi connectivity index (χ4n) is 2.64. The Hall–Kier alpha value is -1.41. The molecule has 0 spiro atoms. The van der Waals surface area contributed by atoms with Gasteiger partial charge in [0.05, 0.1) is 0 Å². The number of nitrogens with one attached hydrogen (secondary N) is 1. The predicted octanol–water partition coefficient (Wildman–Crippen LogP) is 3.68. The summed E-state index contributed by atoms with van der Waals surface area (Å²) in [6.07, 6.45) is 0. The van der Waals surface area contributed by atoms with E-state index in [2.05, 4.69) is 5.32 Å². The van der Waals surface area contributed by atoms with Crippen LogP contribution in [0.5, 0.6) is 5.75 Å². The molecule has 1 aliphatic heterocycles. The number of rotatable bonds is 1. The van der Waals surface area contributed by atoms with E-state index in [1.807, 2.05) is 31.2 Å². The Morgan fingerprint density at radius 2 is 2.06 bits per heavy atom. The molecule has 0 saturated carbocycles. The maximum absolute atomic E-state index is 9.99. The summed E-state index contributed by atoms with van der Waals surface area (Å²) in [5.41, 5.74) is 2.25. The fourth-order valence-corrected chi connectivity index (χ4v) is 2.85. The van der Waals surface area contributed by atoms with Gasteiger partial charge in [-0.05, 0) is 17.9 Å². The molecular weight excluding hydrogens is 234 g/mol. The summed E-state index contributed by atoms with van der Waals surface area (Å²) < 4.78 is 0. The Morgan fingerprint density at radius 3 is 2.76 bits per heavy atom. The predicted molar refractivity (Wildman–Crippen MR) is 72.2 cm³/mol. The molecule has 2 unspecified atom stereocenters. The van der Waals surface area contributed by atoms with E-state index < -0.39 is 0 Å². The van der Waals surface area contributed by atoms with Crippen LogP contribution in [0.3, 0.4) is 0 Å². The van der Waals surface area contributed by atoms with E-state index in [9.17, 15) is 5.11 Å². The van der Waals surface area contributed by atoms with Gasteiger partial charge in [0.1, 0.15) is 5.75 Å². The highest BCUT2D eigenvalue weighted by Crippen LogP contribution is 2.43. The van der Waals surface area contributed by atoms with Gasteiger partial charge in [-0.1, -0.05) is 24.3 Å². The number of alkyl halides is 1. The minimum Gasteiger partial charge on any atom is -0.507 e. The van der Waals surface area contributed by atoms with Crippen molar-refractivity contribution < 1.29 is 5.11 Å². The van der Waals surface area contributed by atoms with Crippen LogP contribution in [0.25, 0.3) is 10.8 Å². The van der Waals surface area contributed by atoms with Crippen molar-refractivity contribution >= 4 is 28.1 Å². The number of benzene rings is 2. The summed E-state index contributed by atoms with van der Waals surface area (Å²) in [5.74, 6) is 0.631. The summed E-state index contributed by atoms with van der Waals surface area (Å²) in [7, 11) is 0. The molecule has 17 heavy (non-hydrogen) atoms. The van der Waals surface area contributed by atoms with E-state index in [-0.39, 0.29) is 5.38 Å². The topological polar surface area (TPSA) is 32.3 Å². The molecule has 2 aromatic rings. The number of anilines is 1. The molecule has 0 saturated heterocycles. The van der Waals surface area contributed by atoms with E-state index in [1.54, 1.807) is 6.07 Å². The second kappa shape index (κ2) is 3.81. The Morgan fingerprint density at radius 1 is 1.35 bits per heavy atom. The lowest BCUT2D eigenvalue weighted by molar-refractivity contribution is 0.482. The largest absolute Gasteiger partial charge is 0.507 e. The third-order valence-electron chi connectivity index (χ3n) is 3.50. The van der Waals surface area contributed by atoms with Crippen LogP contribution < -0.4 is 5.32 Å². The van der Waals surface area contributed by atoms with Gasteiger partial charge in [-0.25, -0.2) is 0 Å². The average Bonchev–Trinajstić information content (AvgIpc) is 2.73. The highest BCUT2D eigenvalue weighted by Gasteiger charge is 2.28. The third-order valence-corrected chi connectivity index (χ3v) is 3.81. The second-order valence-electron chi connectivity index (χ2n) is 4.57. The van der Waals surface area contributed by atoms with Gasteiger partial charge in [0.15, 0.2) is 0 Å². The van der Waals surface area contributed by atoms with Gasteiger partial charge in [-0.2, -0.15) is 0 Å². The van der Waals surface area contributed by atoms with Crippen LogP contribution in [0.15, 0.2) is 30.3 Å². The highest BCUT2D eigenvalue weighted by molar-refractivity contribution is 6.21. The molecule has 3 heteroatoms. The van der Waals surface area contributed by atoms with Crippen LogP contribution >= 0.6 is 11.6 Å². The minimum atomic E-state index is 0.0803. The van der Waals surface area contributed by atoms with E-state index in [4.69, 9.17) is 11.6 Å². The molecule has 2 aromatic carbocycles.